The van der Waals surface area contributed by atoms with E-state index in [4.69, 9.17) is 28.4 Å². The molecule has 0 aliphatic rings. The van der Waals surface area contributed by atoms with Crippen molar-refractivity contribution >= 4 is 18.6 Å². The lowest BCUT2D eigenvalue weighted by atomic mass is 10.1. The molecule has 8 nitrogen and oxygen atoms in total. The van der Waals surface area contributed by atoms with Gasteiger partial charge in [-0.05, 0) is 18.1 Å². The molecule has 0 heterocycles. The van der Waals surface area contributed by atoms with Crippen LogP contribution in [-0.4, -0.2) is 97.1 Å². The van der Waals surface area contributed by atoms with Crippen LogP contribution < -0.4 is 0 Å². The van der Waals surface area contributed by atoms with Crippen LogP contribution >= 0.6 is 12.6 Å². The summed E-state index contributed by atoms with van der Waals surface area (Å²) in [5.41, 5.74) is -1.66. The number of hydrogen-bond acceptors (Lipinski definition) is 9. The van der Waals surface area contributed by atoms with Crippen LogP contribution in [0.25, 0.3) is 0 Å². The molecule has 256 valence electrons. The van der Waals surface area contributed by atoms with Gasteiger partial charge in [0, 0.05) is 6.61 Å². The normalized spacial score (nSPS) is 12.2. The number of unbranched alkanes of at least 4 members (excludes halogenated alkanes) is 6. The minimum Gasteiger partial charge on any atom is -0.459 e. The van der Waals surface area contributed by atoms with Gasteiger partial charge >= 0.3 is 5.97 Å². The average molecular weight is 663 g/mol. The van der Waals surface area contributed by atoms with E-state index >= 15 is 0 Å². The van der Waals surface area contributed by atoms with E-state index in [-0.39, 0.29) is 19.8 Å². The Labute approximate surface area is 262 Å². The summed E-state index contributed by atoms with van der Waals surface area (Å²) in [5.74, 6) is -13.0. The first-order valence-electron chi connectivity index (χ1n) is 15.1. The summed E-state index contributed by atoms with van der Waals surface area (Å²) < 4.78 is 103. The molecule has 1 rings (SSSR count). The number of carbonyl (C=O) groups is 1. The van der Waals surface area contributed by atoms with Crippen molar-refractivity contribution < 1.29 is 59.9 Å². The largest absolute Gasteiger partial charge is 0.459 e. The number of rotatable bonds is 29. The fourth-order valence-corrected chi connectivity index (χ4v) is 3.96. The maximum Gasteiger partial charge on any atom is 0.344 e. The van der Waals surface area contributed by atoms with E-state index in [0.717, 1.165) is 13.0 Å². The Bertz CT molecular complexity index is 868. The van der Waals surface area contributed by atoms with Gasteiger partial charge in [-0.15, -0.1) is 0 Å². The highest BCUT2D eigenvalue weighted by Gasteiger charge is 2.30. The van der Waals surface area contributed by atoms with Crippen molar-refractivity contribution in [3.8, 4) is 0 Å². The van der Waals surface area contributed by atoms with Gasteiger partial charge in [0.25, 0.3) is 0 Å². The second-order valence-corrected chi connectivity index (χ2v) is 10.7. The van der Waals surface area contributed by atoms with Gasteiger partial charge in [-0.2, -0.15) is 12.6 Å². The smallest absolute Gasteiger partial charge is 0.344 e. The van der Waals surface area contributed by atoms with Crippen LogP contribution in [0.1, 0.15) is 68.6 Å². The lowest BCUT2D eigenvalue weighted by molar-refractivity contribution is -0.0195. The summed E-state index contributed by atoms with van der Waals surface area (Å²) in [7, 11) is 0. The molecular formula is C30H47F5O8S. The van der Waals surface area contributed by atoms with E-state index in [0.29, 0.717) is 58.1 Å². The highest BCUT2D eigenvalue weighted by Crippen LogP contribution is 2.23. The SMILES string of the molecule is CC(S)CCCCCCCCCOCCOCCOCCOCCOCCOCCOC(=O)c1c(F)c(F)c(F)c(F)c1F. The average Bonchev–Trinajstić information content (AvgIpc) is 3.00. The molecule has 0 saturated carbocycles. The topological polar surface area (TPSA) is 81.7 Å². The maximum absolute atomic E-state index is 13.6. The fraction of sp³-hybridized carbons (Fsp3) is 0.767. The van der Waals surface area contributed by atoms with Gasteiger partial charge in [0.15, 0.2) is 23.3 Å². The van der Waals surface area contributed by atoms with E-state index in [2.05, 4.69) is 24.3 Å². The molecule has 0 fully saturated rings. The van der Waals surface area contributed by atoms with Crippen molar-refractivity contribution in [1.29, 1.82) is 0 Å². The zero-order chi connectivity index (χ0) is 32.4. The van der Waals surface area contributed by atoms with Crippen LogP contribution in [-0.2, 0) is 33.2 Å². The van der Waals surface area contributed by atoms with Gasteiger partial charge < -0.3 is 33.2 Å². The number of carbonyl (C=O) groups excluding carboxylic acids is 1. The van der Waals surface area contributed by atoms with Crippen molar-refractivity contribution in [2.45, 2.75) is 63.5 Å². The fourth-order valence-electron chi connectivity index (χ4n) is 3.78. The molecule has 1 aromatic carbocycles. The predicted molar refractivity (Wildman–Crippen MR) is 157 cm³/mol. The Balaban J connectivity index is 1.79. The monoisotopic (exact) mass is 662 g/mol. The third-order valence-corrected chi connectivity index (χ3v) is 6.40. The summed E-state index contributed by atoms with van der Waals surface area (Å²) in [5, 5.41) is 0.507. The van der Waals surface area contributed by atoms with E-state index in [1.807, 2.05) is 0 Å². The summed E-state index contributed by atoms with van der Waals surface area (Å²) in [6.07, 6.45) is 9.93. The zero-order valence-corrected chi connectivity index (χ0v) is 26.4. The molecule has 1 aromatic rings. The first-order chi connectivity index (χ1) is 21.3. The third kappa shape index (κ3) is 19.1. The van der Waals surface area contributed by atoms with Crippen molar-refractivity contribution in [2.75, 3.05) is 85.9 Å². The molecule has 44 heavy (non-hydrogen) atoms. The number of esters is 1. The van der Waals surface area contributed by atoms with Gasteiger partial charge in [-0.3, -0.25) is 0 Å². The summed E-state index contributed by atoms with van der Waals surface area (Å²) in [4.78, 5) is 11.7. The standard InChI is InChI=1S/C30H47F5O8S/c1-23(44)9-7-5-3-2-4-6-8-10-37-11-12-38-13-14-39-15-16-40-17-18-41-19-20-42-21-22-43-30(36)24-25(31)27(33)29(35)28(34)26(24)32/h23,44H,2-22H2,1H3. The van der Waals surface area contributed by atoms with Gasteiger partial charge in [0.2, 0.25) is 5.82 Å². The Morgan fingerprint density at radius 2 is 0.818 bits per heavy atom. The molecule has 1 unspecified atom stereocenters. The van der Waals surface area contributed by atoms with Crippen LogP contribution in [0.5, 0.6) is 0 Å². The maximum atomic E-state index is 13.6. The molecule has 0 aliphatic carbocycles. The molecule has 0 radical (unpaired) electrons. The lowest BCUT2D eigenvalue weighted by Gasteiger charge is -2.09. The van der Waals surface area contributed by atoms with Gasteiger partial charge in [-0.1, -0.05) is 45.4 Å². The molecule has 1 atom stereocenters. The van der Waals surface area contributed by atoms with Crippen LogP contribution in [0, 0.1) is 29.1 Å². The van der Waals surface area contributed by atoms with E-state index in [1.165, 1.54) is 44.9 Å². The van der Waals surface area contributed by atoms with Crippen molar-refractivity contribution in [3.05, 3.63) is 34.6 Å². The summed E-state index contributed by atoms with van der Waals surface area (Å²) in [6, 6.07) is 0. The number of thiol groups is 1. The molecule has 0 saturated heterocycles. The van der Waals surface area contributed by atoms with Gasteiger partial charge in [-0.25, -0.2) is 26.7 Å². The Kier molecular flexibility index (Phi) is 24.5. The first kappa shape index (κ1) is 40.5. The minimum absolute atomic E-state index is 0.116. The zero-order valence-electron chi connectivity index (χ0n) is 25.5. The van der Waals surface area contributed by atoms with Crippen molar-refractivity contribution in [3.63, 3.8) is 0 Å². The molecule has 14 heteroatoms. The Morgan fingerprint density at radius 1 is 0.500 bits per heavy atom. The number of ether oxygens (including phenoxy) is 7. The molecule has 0 aliphatic heterocycles. The summed E-state index contributed by atoms with van der Waals surface area (Å²) >= 11 is 4.40. The quantitative estimate of drug-likeness (QED) is 0.0276. The molecule has 0 N–H and O–H groups in total. The molecule has 0 aromatic heterocycles. The van der Waals surface area contributed by atoms with Gasteiger partial charge in [0.05, 0.1) is 72.7 Å². The molecular weight excluding hydrogens is 615 g/mol. The second-order valence-electron chi connectivity index (χ2n) is 9.87. The van der Waals surface area contributed by atoms with E-state index < -0.39 is 47.2 Å². The van der Waals surface area contributed by atoms with Crippen molar-refractivity contribution in [1.82, 2.24) is 0 Å². The van der Waals surface area contributed by atoms with Crippen LogP contribution in [0.15, 0.2) is 0 Å². The Hall–Kier alpha value is -1.55. The molecule has 0 spiro atoms. The molecule has 0 amide bonds. The number of benzene rings is 1. The van der Waals surface area contributed by atoms with Crippen LogP contribution in [0.4, 0.5) is 22.0 Å². The van der Waals surface area contributed by atoms with E-state index in [1.54, 1.807) is 0 Å². The Morgan fingerprint density at radius 3 is 1.23 bits per heavy atom. The minimum atomic E-state index is -2.36. The van der Waals surface area contributed by atoms with Crippen molar-refractivity contribution in [2.24, 2.45) is 0 Å². The second kappa shape index (κ2) is 26.6. The van der Waals surface area contributed by atoms with Crippen LogP contribution in [0.3, 0.4) is 0 Å². The summed E-state index contributed by atoms with van der Waals surface area (Å²) in [6.45, 7) is 6.10. The van der Waals surface area contributed by atoms with Gasteiger partial charge in [0.1, 0.15) is 12.2 Å². The lowest BCUT2D eigenvalue weighted by Crippen LogP contribution is -2.18. The number of hydrogen-bond donors (Lipinski definition) is 1. The first-order valence-corrected chi connectivity index (χ1v) is 15.6. The van der Waals surface area contributed by atoms with Crippen LogP contribution in [0.2, 0.25) is 0 Å². The highest BCUT2D eigenvalue weighted by atomic mass is 32.1. The number of halogens is 5. The molecule has 0 bridgehead atoms. The van der Waals surface area contributed by atoms with E-state index in [9.17, 15) is 26.7 Å². The third-order valence-electron chi connectivity index (χ3n) is 6.15. The predicted octanol–water partition coefficient (Wildman–Crippen LogP) is 6.08. The highest BCUT2D eigenvalue weighted by molar-refractivity contribution is 7.80.